The Morgan fingerprint density at radius 1 is 1.57 bits per heavy atom. The highest BCUT2D eigenvalue weighted by molar-refractivity contribution is 6.35. The van der Waals surface area contributed by atoms with Crippen molar-refractivity contribution in [3.05, 3.63) is 0 Å². The minimum atomic E-state index is -0.699. The molecule has 1 aliphatic carbocycles. The third-order valence-electron chi connectivity index (χ3n) is 2.34. The number of rotatable bonds is 3. The fourth-order valence-electron chi connectivity index (χ4n) is 1.66. The summed E-state index contributed by atoms with van der Waals surface area (Å²) in [4.78, 5) is 33.9. The maximum Gasteiger partial charge on any atom is 0.242 e. The fourth-order valence-corrected chi connectivity index (χ4v) is 1.66. The van der Waals surface area contributed by atoms with Crippen LogP contribution in [0.15, 0.2) is 0 Å². The van der Waals surface area contributed by atoms with Gasteiger partial charge in [-0.1, -0.05) is 6.82 Å². The number of hydrogen-bond donors (Lipinski definition) is 2. The molecule has 0 aromatic carbocycles. The number of Topliss-reactive ketones (excluding diaryl/α,β-unsaturated/α-hetero) is 1. The second-order valence-corrected chi connectivity index (χ2v) is 3.32. The third kappa shape index (κ3) is 2.13. The summed E-state index contributed by atoms with van der Waals surface area (Å²) < 4.78 is 6.72. The van der Waals surface area contributed by atoms with Crippen LogP contribution >= 0.6 is 0 Å². The molecule has 0 saturated heterocycles. The lowest BCUT2D eigenvalue weighted by molar-refractivity contribution is -0.131. The molecule has 2 amide bonds. The standard InChI is InChI=1S/C8H12BN2O3/c1-9-11-8(14)6-3-4(12)2-5(6)7(10)13/h5-6H,2-3H2,1H3,(H2,10,13)(H,11,14)/t5-,6?/m0/s1/i/hD. The van der Waals surface area contributed by atoms with Gasteiger partial charge in [-0.15, -0.1) is 0 Å². The number of carbonyl (C=O) groups is 3. The van der Waals surface area contributed by atoms with E-state index in [9.17, 15) is 14.4 Å². The predicted octanol–water partition coefficient (Wildman–Crippen LogP) is -1.15. The summed E-state index contributed by atoms with van der Waals surface area (Å²) in [7, 11) is 1.46. The van der Waals surface area contributed by atoms with Crippen LogP contribution in [0, 0.1) is 11.8 Å². The molecule has 0 heterocycles. The molecule has 75 valence electrons. The zero-order chi connectivity index (χ0) is 11.4. The van der Waals surface area contributed by atoms with Gasteiger partial charge in [-0.05, 0) is 0 Å². The Kier molecular flexibility index (Phi) is 2.81. The second-order valence-electron chi connectivity index (χ2n) is 3.32. The van der Waals surface area contributed by atoms with Crippen molar-refractivity contribution in [1.82, 2.24) is 5.23 Å². The Morgan fingerprint density at radius 3 is 2.79 bits per heavy atom. The van der Waals surface area contributed by atoms with E-state index in [0.29, 0.717) is 0 Å². The average Bonchev–Trinajstić information content (AvgIpc) is 2.59. The molecule has 0 aromatic rings. The van der Waals surface area contributed by atoms with Crippen molar-refractivity contribution in [2.75, 3.05) is 0 Å². The van der Waals surface area contributed by atoms with Gasteiger partial charge in [0.1, 0.15) is 5.78 Å². The first-order chi connectivity index (χ1) is 7.10. The Balaban J connectivity index is 2.72. The van der Waals surface area contributed by atoms with Gasteiger partial charge in [0.25, 0.3) is 0 Å². The third-order valence-corrected chi connectivity index (χ3v) is 2.34. The van der Waals surface area contributed by atoms with Crippen LogP contribution in [0.1, 0.15) is 12.8 Å². The number of nitrogens with one attached hydrogen (secondary N) is 1. The number of primary amides is 1. The largest absolute Gasteiger partial charge is 0.403 e. The quantitative estimate of drug-likeness (QED) is 0.558. The zero-order valence-corrected chi connectivity index (χ0v) is 7.87. The molecule has 1 aliphatic rings. The minimum absolute atomic E-state index is 0.0481. The fraction of sp³-hybridized carbons (Fsp3) is 0.625. The molecule has 6 heteroatoms. The molecule has 14 heavy (non-hydrogen) atoms. The SMILES string of the molecule is [2H]NC(=O)[C@H]1CC(=O)CC1C(=O)N[B]C. The van der Waals surface area contributed by atoms with Crippen molar-refractivity contribution in [2.24, 2.45) is 17.6 Å². The van der Waals surface area contributed by atoms with Crippen LogP contribution in [0.5, 0.6) is 0 Å². The summed E-state index contributed by atoms with van der Waals surface area (Å²) in [5, 5.41) is 2.46. The van der Waals surface area contributed by atoms with Gasteiger partial charge in [0.15, 0.2) is 1.41 Å². The maximum absolute atomic E-state index is 11.5. The van der Waals surface area contributed by atoms with Gasteiger partial charge in [-0.25, -0.2) is 0 Å². The first kappa shape index (κ1) is 9.24. The molecule has 1 fully saturated rings. The van der Waals surface area contributed by atoms with E-state index < -0.39 is 17.7 Å². The van der Waals surface area contributed by atoms with Gasteiger partial charge in [-0.2, -0.15) is 0 Å². The summed E-state index contributed by atoms with van der Waals surface area (Å²) in [5.74, 6) is -2.36. The number of amides is 2. The van der Waals surface area contributed by atoms with Crippen molar-refractivity contribution in [2.45, 2.75) is 19.7 Å². The average molecular weight is 196 g/mol. The molecule has 1 unspecified atom stereocenters. The lowest BCUT2D eigenvalue weighted by Gasteiger charge is -2.14. The van der Waals surface area contributed by atoms with E-state index in [4.69, 9.17) is 1.41 Å². The highest BCUT2D eigenvalue weighted by atomic mass is 16.2. The van der Waals surface area contributed by atoms with E-state index in [1.54, 1.807) is 12.5 Å². The number of nitrogens with two attached hydrogens (primary N) is 1. The van der Waals surface area contributed by atoms with Crippen LogP contribution in [-0.4, -0.2) is 25.0 Å². The van der Waals surface area contributed by atoms with E-state index in [1.807, 2.05) is 0 Å². The molecule has 1 rings (SSSR count). The zero-order valence-electron chi connectivity index (χ0n) is 8.87. The number of carbonyl (C=O) groups excluding carboxylic acids is 3. The van der Waals surface area contributed by atoms with Crippen LogP contribution in [0.3, 0.4) is 0 Å². The number of ketones is 1. The number of hydrogen-bond acceptors (Lipinski definition) is 3. The topological polar surface area (TPSA) is 89.3 Å². The summed E-state index contributed by atoms with van der Waals surface area (Å²) >= 11 is 0. The highest BCUT2D eigenvalue weighted by Gasteiger charge is 2.40. The molecule has 0 bridgehead atoms. The molecule has 2 atom stereocenters. The van der Waals surface area contributed by atoms with Crippen LogP contribution in [0.25, 0.3) is 0 Å². The van der Waals surface area contributed by atoms with Gasteiger partial charge in [0.05, 0.1) is 11.8 Å². The van der Waals surface area contributed by atoms with Crippen LogP contribution in [-0.2, 0) is 14.4 Å². The van der Waals surface area contributed by atoms with Crippen molar-refractivity contribution >= 4 is 25.0 Å². The lowest BCUT2D eigenvalue weighted by Crippen LogP contribution is -2.38. The van der Waals surface area contributed by atoms with Gasteiger partial charge >= 0.3 is 0 Å². The van der Waals surface area contributed by atoms with Crippen molar-refractivity contribution in [1.29, 1.82) is 0 Å². The molecule has 0 aliphatic heterocycles. The molecular weight excluding hydrogens is 183 g/mol. The van der Waals surface area contributed by atoms with Gasteiger partial charge in [-0.3, -0.25) is 14.4 Å². The Labute approximate surface area is 84.1 Å². The molecular formula is C8H12BN2O3. The van der Waals surface area contributed by atoms with E-state index in [0.717, 1.165) is 0 Å². The van der Waals surface area contributed by atoms with Crippen molar-refractivity contribution in [3.63, 3.8) is 0 Å². The van der Waals surface area contributed by atoms with Gasteiger partial charge < -0.3 is 11.0 Å². The molecule has 3 N–H and O–H groups in total. The van der Waals surface area contributed by atoms with Crippen LogP contribution < -0.4 is 11.0 Å². The Bertz CT molecular complexity index is 298. The predicted molar refractivity (Wildman–Crippen MR) is 50.2 cm³/mol. The summed E-state index contributed by atoms with van der Waals surface area (Å²) in [5.41, 5.74) is 1.72. The highest BCUT2D eigenvalue weighted by Crippen LogP contribution is 2.28. The smallest absolute Gasteiger partial charge is 0.242 e. The van der Waals surface area contributed by atoms with E-state index in [2.05, 4.69) is 5.23 Å². The first-order valence-corrected chi connectivity index (χ1v) is 4.41. The Hall–Kier alpha value is -1.33. The van der Waals surface area contributed by atoms with Crippen molar-refractivity contribution < 1.29 is 15.8 Å². The minimum Gasteiger partial charge on any atom is -0.403 e. The summed E-state index contributed by atoms with van der Waals surface area (Å²) in [6.45, 7) is 1.65. The molecule has 1 saturated carbocycles. The first-order valence-electron chi connectivity index (χ1n) is 4.91. The summed E-state index contributed by atoms with van der Waals surface area (Å²) in [6.07, 6.45) is 0.129. The van der Waals surface area contributed by atoms with Crippen LogP contribution in [0.2, 0.25) is 8.23 Å². The molecule has 0 aromatic heterocycles. The normalized spacial score (nSPS) is 26.6. The summed E-state index contributed by atoms with van der Waals surface area (Å²) in [6, 6.07) is 0. The Morgan fingerprint density at radius 2 is 2.21 bits per heavy atom. The maximum atomic E-state index is 11.5. The lowest BCUT2D eigenvalue weighted by atomic mass is 9.91. The molecule has 5 nitrogen and oxygen atoms in total. The van der Waals surface area contributed by atoms with Gasteiger partial charge in [0.2, 0.25) is 19.2 Å². The monoisotopic (exact) mass is 196 g/mol. The van der Waals surface area contributed by atoms with Gasteiger partial charge in [0, 0.05) is 12.8 Å². The van der Waals surface area contributed by atoms with E-state index in [-0.39, 0.29) is 24.5 Å². The van der Waals surface area contributed by atoms with E-state index in [1.165, 1.54) is 7.41 Å². The molecule has 1 radical (unpaired) electrons. The van der Waals surface area contributed by atoms with Crippen LogP contribution in [0.4, 0.5) is 0 Å². The van der Waals surface area contributed by atoms with E-state index >= 15 is 0 Å². The van der Waals surface area contributed by atoms with Crippen molar-refractivity contribution in [3.8, 4) is 0 Å². The second kappa shape index (κ2) is 4.26. The molecule has 0 spiro atoms.